The van der Waals surface area contributed by atoms with Gasteiger partial charge < -0.3 is 19.2 Å². The average Bonchev–Trinajstić information content (AvgIpc) is 3.48. The molecule has 3 atom stereocenters. The number of aryl methyl sites for hydroxylation is 1. The molecule has 34 heavy (non-hydrogen) atoms. The number of furan rings is 1. The van der Waals surface area contributed by atoms with Crippen LogP contribution in [0.15, 0.2) is 63.4 Å². The second-order valence-electron chi connectivity index (χ2n) is 9.25. The summed E-state index contributed by atoms with van der Waals surface area (Å²) in [6.45, 7) is 4.52. The summed E-state index contributed by atoms with van der Waals surface area (Å²) in [6, 6.07) is 9.93. The van der Waals surface area contributed by atoms with E-state index >= 15 is 0 Å². The Kier molecular flexibility index (Phi) is 6.13. The van der Waals surface area contributed by atoms with Crippen LogP contribution < -0.4 is 5.32 Å². The monoisotopic (exact) mass is 465 g/mol. The zero-order chi connectivity index (χ0) is 23.8. The maximum absolute atomic E-state index is 13.5. The maximum Gasteiger partial charge on any atom is 0.336 e. The average molecular weight is 466 g/mol. The number of ketones is 1. The zero-order valence-corrected chi connectivity index (χ0v) is 19.4. The molecule has 0 unspecified atom stereocenters. The second-order valence-corrected chi connectivity index (χ2v) is 9.25. The number of allylic oxidation sites excluding steroid dienone is 3. The molecule has 2 aliphatic heterocycles. The fourth-order valence-electron chi connectivity index (χ4n) is 5.20. The highest BCUT2D eigenvalue weighted by Gasteiger charge is 2.43. The van der Waals surface area contributed by atoms with Crippen molar-refractivity contribution in [3.05, 3.63) is 81.8 Å². The van der Waals surface area contributed by atoms with Crippen molar-refractivity contribution in [2.45, 2.75) is 57.5 Å². The first-order valence-corrected chi connectivity index (χ1v) is 11.7. The quantitative estimate of drug-likeness (QED) is 0.639. The largest absolute Gasteiger partial charge is 0.465 e. The molecule has 0 saturated carbocycles. The van der Waals surface area contributed by atoms with Crippen molar-refractivity contribution in [1.29, 1.82) is 0 Å². The minimum absolute atomic E-state index is 0.0564. The Labute approximate surface area is 197 Å². The molecule has 0 bridgehead atoms. The first-order valence-electron chi connectivity index (χ1n) is 11.7. The SMILES string of the molecule is CC1=C(C(=O)OC[C@@H]2CCCO2)[C@H](c2ccc(C)o2)C2=C(C[C@H](c3ccc(F)cc3)CC2=O)N1. The Hall–Kier alpha value is -3.19. The number of ether oxygens (including phenoxy) is 2. The fraction of sp³-hybridized carbons (Fsp3) is 0.407. The molecule has 6 nitrogen and oxygen atoms in total. The minimum Gasteiger partial charge on any atom is -0.465 e. The van der Waals surface area contributed by atoms with E-state index in [9.17, 15) is 14.0 Å². The second kappa shape index (κ2) is 9.22. The van der Waals surface area contributed by atoms with Crippen LogP contribution in [0.3, 0.4) is 0 Å². The number of benzene rings is 1. The van der Waals surface area contributed by atoms with Crippen LogP contribution >= 0.6 is 0 Å². The van der Waals surface area contributed by atoms with Crippen LogP contribution in [-0.4, -0.2) is 31.1 Å². The van der Waals surface area contributed by atoms with Gasteiger partial charge in [-0.15, -0.1) is 0 Å². The van der Waals surface area contributed by atoms with Gasteiger partial charge in [-0.3, -0.25) is 4.79 Å². The summed E-state index contributed by atoms with van der Waals surface area (Å²) < 4.78 is 30.6. The van der Waals surface area contributed by atoms with E-state index in [0.29, 0.717) is 41.4 Å². The van der Waals surface area contributed by atoms with Crippen LogP contribution in [0.4, 0.5) is 4.39 Å². The highest BCUT2D eigenvalue weighted by atomic mass is 19.1. The van der Waals surface area contributed by atoms with Crippen molar-refractivity contribution in [3.8, 4) is 0 Å². The molecule has 0 spiro atoms. The summed E-state index contributed by atoms with van der Waals surface area (Å²) in [4.78, 5) is 26.8. The Balaban J connectivity index is 1.47. The molecule has 0 amide bonds. The fourth-order valence-corrected chi connectivity index (χ4v) is 5.20. The van der Waals surface area contributed by atoms with Crippen LogP contribution in [0, 0.1) is 12.7 Å². The molecule has 1 fully saturated rings. The summed E-state index contributed by atoms with van der Waals surface area (Å²) in [5.41, 5.74) is 3.26. The number of hydrogen-bond acceptors (Lipinski definition) is 6. The third kappa shape index (κ3) is 4.32. The number of hydrogen-bond donors (Lipinski definition) is 1. The lowest BCUT2D eigenvalue weighted by Gasteiger charge is -2.35. The smallest absolute Gasteiger partial charge is 0.336 e. The molecule has 7 heteroatoms. The Morgan fingerprint density at radius 1 is 1.15 bits per heavy atom. The van der Waals surface area contributed by atoms with Crippen molar-refractivity contribution >= 4 is 11.8 Å². The summed E-state index contributed by atoms with van der Waals surface area (Å²) in [5, 5.41) is 3.32. The van der Waals surface area contributed by atoms with E-state index in [2.05, 4.69) is 5.32 Å². The Morgan fingerprint density at radius 3 is 2.62 bits per heavy atom. The topological polar surface area (TPSA) is 77.8 Å². The highest BCUT2D eigenvalue weighted by Crippen LogP contribution is 2.46. The van der Waals surface area contributed by atoms with Gasteiger partial charge in [-0.05, 0) is 68.9 Å². The van der Waals surface area contributed by atoms with Gasteiger partial charge in [0, 0.05) is 30.0 Å². The Bertz CT molecular complexity index is 1170. The van der Waals surface area contributed by atoms with E-state index in [1.807, 2.05) is 26.0 Å². The molecule has 1 N–H and O–H groups in total. The van der Waals surface area contributed by atoms with Crippen LogP contribution in [0.5, 0.6) is 0 Å². The van der Waals surface area contributed by atoms with Gasteiger partial charge in [-0.2, -0.15) is 0 Å². The van der Waals surface area contributed by atoms with Crippen molar-refractivity contribution in [2.75, 3.05) is 13.2 Å². The van der Waals surface area contributed by atoms with Crippen LogP contribution in [0.25, 0.3) is 0 Å². The summed E-state index contributed by atoms with van der Waals surface area (Å²) in [7, 11) is 0. The lowest BCUT2D eigenvalue weighted by Crippen LogP contribution is -2.36. The summed E-state index contributed by atoms with van der Waals surface area (Å²) in [6.07, 6.45) is 2.59. The molecule has 5 rings (SSSR count). The van der Waals surface area contributed by atoms with Gasteiger partial charge in [-0.1, -0.05) is 12.1 Å². The predicted octanol–water partition coefficient (Wildman–Crippen LogP) is 4.81. The molecule has 178 valence electrons. The molecule has 2 aromatic rings. The van der Waals surface area contributed by atoms with E-state index in [1.54, 1.807) is 12.1 Å². The number of rotatable bonds is 5. The van der Waals surface area contributed by atoms with Crippen LogP contribution in [0.1, 0.15) is 61.5 Å². The van der Waals surface area contributed by atoms with E-state index in [0.717, 1.165) is 24.1 Å². The molecule has 1 saturated heterocycles. The molecule has 3 aliphatic rings. The van der Waals surface area contributed by atoms with Crippen molar-refractivity contribution in [1.82, 2.24) is 5.32 Å². The number of esters is 1. The van der Waals surface area contributed by atoms with E-state index in [1.165, 1.54) is 12.1 Å². The van der Waals surface area contributed by atoms with Gasteiger partial charge in [0.25, 0.3) is 0 Å². The number of nitrogens with one attached hydrogen (secondary N) is 1. The molecule has 0 radical (unpaired) electrons. The van der Waals surface area contributed by atoms with Gasteiger partial charge in [0.2, 0.25) is 0 Å². The van der Waals surface area contributed by atoms with E-state index in [-0.39, 0.29) is 36.7 Å². The maximum atomic E-state index is 13.5. The summed E-state index contributed by atoms with van der Waals surface area (Å²) in [5.74, 6) is -0.294. The van der Waals surface area contributed by atoms with Crippen molar-refractivity contribution in [3.63, 3.8) is 0 Å². The van der Waals surface area contributed by atoms with Gasteiger partial charge in [0.1, 0.15) is 23.9 Å². The number of dihydropyridines is 1. The lowest BCUT2D eigenvalue weighted by molar-refractivity contribution is -0.142. The van der Waals surface area contributed by atoms with Crippen LogP contribution in [0.2, 0.25) is 0 Å². The third-order valence-corrected chi connectivity index (χ3v) is 6.86. The molecule has 1 aromatic carbocycles. The standard InChI is InChI=1S/C27H28FNO5/c1-15-5-10-23(34-15)26-24(27(31)33-14-20-4-3-11-32-20)16(2)29-21-12-18(13-22(30)25(21)26)17-6-8-19(28)9-7-17/h5-10,18,20,26,29H,3-4,11-14H2,1-2H3/t18-,20-,26-/m0/s1. The third-order valence-electron chi connectivity index (χ3n) is 6.86. The minimum atomic E-state index is -0.636. The Morgan fingerprint density at radius 2 is 1.94 bits per heavy atom. The number of carbonyl (C=O) groups is 2. The van der Waals surface area contributed by atoms with E-state index < -0.39 is 11.9 Å². The first kappa shape index (κ1) is 22.6. The number of carbonyl (C=O) groups excluding carboxylic acids is 2. The summed E-state index contributed by atoms with van der Waals surface area (Å²) >= 11 is 0. The molecular formula is C27H28FNO5. The molecular weight excluding hydrogens is 437 g/mol. The van der Waals surface area contributed by atoms with Crippen molar-refractivity contribution < 1.29 is 27.9 Å². The highest BCUT2D eigenvalue weighted by molar-refractivity contribution is 6.04. The number of halogens is 1. The lowest BCUT2D eigenvalue weighted by atomic mass is 9.73. The van der Waals surface area contributed by atoms with Gasteiger partial charge in [0.15, 0.2) is 5.78 Å². The van der Waals surface area contributed by atoms with Gasteiger partial charge >= 0.3 is 5.97 Å². The number of Topliss-reactive ketones (excluding diaryl/α,β-unsaturated/α-hetero) is 1. The molecule has 1 aliphatic carbocycles. The molecule has 1 aromatic heterocycles. The van der Waals surface area contributed by atoms with E-state index in [4.69, 9.17) is 13.9 Å². The van der Waals surface area contributed by atoms with Gasteiger partial charge in [0.05, 0.1) is 17.6 Å². The zero-order valence-electron chi connectivity index (χ0n) is 19.4. The normalized spacial score (nSPS) is 24.8. The first-order chi connectivity index (χ1) is 16.4. The van der Waals surface area contributed by atoms with Crippen LogP contribution in [-0.2, 0) is 19.1 Å². The molecule has 3 heterocycles. The van der Waals surface area contributed by atoms with Crippen molar-refractivity contribution in [2.24, 2.45) is 0 Å². The predicted molar refractivity (Wildman–Crippen MR) is 122 cm³/mol. The van der Waals surface area contributed by atoms with Gasteiger partial charge in [-0.25, -0.2) is 9.18 Å².